The molecule has 0 bridgehead atoms. The Morgan fingerprint density at radius 3 is 2.57 bits per heavy atom. The summed E-state index contributed by atoms with van der Waals surface area (Å²) >= 11 is 4.94. The van der Waals surface area contributed by atoms with Gasteiger partial charge >= 0.3 is 0 Å². The lowest BCUT2D eigenvalue weighted by atomic mass is 10.1. The number of benzene rings is 2. The molecule has 0 heterocycles. The quantitative estimate of drug-likeness (QED) is 0.855. The number of phenolic OH excluding ortho intramolecular Hbond substituents is 1. The van der Waals surface area contributed by atoms with E-state index in [0.29, 0.717) is 11.3 Å². The van der Waals surface area contributed by atoms with E-state index in [4.69, 9.17) is 18.0 Å². The van der Waals surface area contributed by atoms with E-state index >= 15 is 0 Å². The third-order valence-electron chi connectivity index (χ3n) is 3.21. The number of rotatable bonds is 3. The normalized spacial score (nSPS) is 10.2. The third kappa shape index (κ3) is 3.20. The Labute approximate surface area is 128 Å². The number of amides is 1. The molecule has 0 aliphatic rings. The zero-order valence-electron chi connectivity index (χ0n) is 11.8. The number of phenols is 1. The van der Waals surface area contributed by atoms with Crippen molar-refractivity contribution in [2.75, 3.05) is 11.9 Å². The predicted octanol–water partition coefficient (Wildman–Crippen LogP) is 2.61. The van der Waals surface area contributed by atoms with E-state index in [-0.39, 0.29) is 22.2 Å². The van der Waals surface area contributed by atoms with Crippen LogP contribution in [0.25, 0.3) is 0 Å². The number of nitrogens with zero attached hydrogens (tertiary/aromatic N) is 1. The highest BCUT2D eigenvalue weighted by atomic mass is 32.1. The average Bonchev–Trinajstić information content (AvgIpc) is 2.46. The van der Waals surface area contributed by atoms with Crippen LogP contribution in [-0.2, 0) is 0 Å². The Hall–Kier alpha value is -2.40. The molecule has 0 unspecified atom stereocenters. The number of aryl methyl sites for hydroxylation is 1. The van der Waals surface area contributed by atoms with Gasteiger partial charge in [0.2, 0.25) is 0 Å². The number of carbonyl (C=O) groups is 1. The summed E-state index contributed by atoms with van der Waals surface area (Å²) in [5.74, 6) is -0.329. The third-order valence-corrected chi connectivity index (χ3v) is 3.44. The molecule has 0 fully saturated rings. The van der Waals surface area contributed by atoms with Gasteiger partial charge in [0.1, 0.15) is 10.7 Å². The van der Waals surface area contributed by atoms with Gasteiger partial charge in [-0.2, -0.15) is 0 Å². The number of carbonyl (C=O) groups excluding carboxylic acids is 1. The smallest absolute Gasteiger partial charge is 0.261 e. The van der Waals surface area contributed by atoms with Crippen molar-refractivity contribution in [3.63, 3.8) is 0 Å². The summed E-state index contributed by atoms with van der Waals surface area (Å²) < 4.78 is 0. The SMILES string of the molecule is Cc1ccc(C(=O)N(C)c2cccc(C(N)=S)c2)c(O)c1. The second kappa shape index (κ2) is 5.93. The Bertz CT molecular complexity index is 713. The Morgan fingerprint density at radius 1 is 1.24 bits per heavy atom. The van der Waals surface area contributed by atoms with Crippen molar-refractivity contribution in [1.29, 1.82) is 0 Å². The molecule has 0 aromatic heterocycles. The van der Waals surface area contributed by atoms with Crippen molar-refractivity contribution >= 4 is 28.8 Å². The lowest BCUT2D eigenvalue weighted by Gasteiger charge is -2.19. The van der Waals surface area contributed by atoms with Crippen LogP contribution in [0.5, 0.6) is 5.75 Å². The summed E-state index contributed by atoms with van der Waals surface area (Å²) in [5, 5.41) is 9.91. The minimum atomic E-state index is -0.299. The second-order valence-corrected chi connectivity index (χ2v) is 5.24. The largest absolute Gasteiger partial charge is 0.507 e. The summed E-state index contributed by atoms with van der Waals surface area (Å²) in [7, 11) is 1.64. The maximum Gasteiger partial charge on any atom is 0.261 e. The molecule has 0 radical (unpaired) electrons. The van der Waals surface area contributed by atoms with E-state index in [9.17, 15) is 9.90 Å². The molecule has 0 spiro atoms. The predicted molar refractivity (Wildman–Crippen MR) is 87.9 cm³/mol. The molecule has 4 nitrogen and oxygen atoms in total. The summed E-state index contributed by atoms with van der Waals surface area (Å²) in [6, 6.07) is 12.0. The van der Waals surface area contributed by atoms with Gasteiger partial charge < -0.3 is 15.7 Å². The fraction of sp³-hybridized carbons (Fsp3) is 0.125. The van der Waals surface area contributed by atoms with E-state index in [1.807, 2.05) is 6.92 Å². The molecule has 3 N–H and O–H groups in total. The van der Waals surface area contributed by atoms with Crippen molar-refractivity contribution < 1.29 is 9.90 Å². The van der Waals surface area contributed by atoms with Crippen molar-refractivity contribution in [2.24, 2.45) is 5.73 Å². The fourth-order valence-electron chi connectivity index (χ4n) is 1.99. The summed E-state index contributed by atoms with van der Waals surface area (Å²) in [4.78, 5) is 14.2. The van der Waals surface area contributed by atoms with E-state index in [1.54, 1.807) is 49.5 Å². The number of anilines is 1. The van der Waals surface area contributed by atoms with Gasteiger partial charge in [-0.1, -0.05) is 30.4 Å². The monoisotopic (exact) mass is 300 g/mol. The van der Waals surface area contributed by atoms with Crippen LogP contribution in [0.1, 0.15) is 21.5 Å². The van der Waals surface area contributed by atoms with Gasteiger partial charge in [-0.15, -0.1) is 0 Å². The number of aromatic hydroxyl groups is 1. The number of thiocarbonyl (C=S) groups is 1. The molecule has 0 saturated heterocycles. The van der Waals surface area contributed by atoms with Gasteiger partial charge in [0, 0.05) is 18.3 Å². The first-order chi connectivity index (χ1) is 9.90. The minimum absolute atomic E-state index is 0.0302. The molecular formula is C16H16N2O2S. The molecular weight excluding hydrogens is 284 g/mol. The molecule has 2 rings (SSSR count). The molecule has 108 valence electrons. The van der Waals surface area contributed by atoms with E-state index in [1.165, 1.54) is 4.90 Å². The van der Waals surface area contributed by atoms with E-state index in [2.05, 4.69) is 0 Å². The highest BCUT2D eigenvalue weighted by Crippen LogP contribution is 2.23. The summed E-state index contributed by atoms with van der Waals surface area (Å²) in [5.41, 5.74) is 8.09. The van der Waals surface area contributed by atoms with E-state index < -0.39 is 0 Å². The lowest BCUT2D eigenvalue weighted by molar-refractivity contribution is 0.0990. The Morgan fingerprint density at radius 2 is 1.95 bits per heavy atom. The van der Waals surface area contributed by atoms with Gasteiger partial charge in [0.25, 0.3) is 5.91 Å². The van der Waals surface area contributed by atoms with Crippen LogP contribution in [0.2, 0.25) is 0 Å². The second-order valence-electron chi connectivity index (χ2n) is 4.80. The van der Waals surface area contributed by atoms with Crippen LogP contribution in [0, 0.1) is 6.92 Å². The average molecular weight is 300 g/mol. The van der Waals surface area contributed by atoms with Crippen molar-refractivity contribution in [3.8, 4) is 5.75 Å². The lowest BCUT2D eigenvalue weighted by Crippen LogP contribution is -2.26. The van der Waals surface area contributed by atoms with Gasteiger partial charge in [-0.3, -0.25) is 4.79 Å². The zero-order valence-corrected chi connectivity index (χ0v) is 12.6. The van der Waals surface area contributed by atoms with Crippen LogP contribution in [0.15, 0.2) is 42.5 Å². The fourth-order valence-corrected chi connectivity index (χ4v) is 2.12. The highest BCUT2D eigenvalue weighted by Gasteiger charge is 2.17. The molecule has 0 aliphatic carbocycles. The van der Waals surface area contributed by atoms with Gasteiger partial charge in [0.15, 0.2) is 0 Å². The van der Waals surface area contributed by atoms with Crippen LogP contribution in [0.3, 0.4) is 0 Å². The maximum atomic E-state index is 12.5. The number of hydrogen-bond acceptors (Lipinski definition) is 3. The highest BCUT2D eigenvalue weighted by molar-refractivity contribution is 7.80. The molecule has 0 saturated carbocycles. The molecule has 2 aromatic rings. The first kappa shape index (κ1) is 15.0. The van der Waals surface area contributed by atoms with Crippen molar-refractivity contribution in [3.05, 3.63) is 59.2 Å². The van der Waals surface area contributed by atoms with Crippen LogP contribution in [-0.4, -0.2) is 23.0 Å². The first-order valence-electron chi connectivity index (χ1n) is 6.37. The minimum Gasteiger partial charge on any atom is -0.507 e. The van der Waals surface area contributed by atoms with E-state index in [0.717, 1.165) is 5.56 Å². The summed E-state index contributed by atoms with van der Waals surface area (Å²) in [6.07, 6.45) is 0. The van der Waals surface area contributed by atoms with Crippen molar-refractivity contribution in [1.82, 2.24) is 0 Å². The molecule has 5 heteroatoms. The maximum absolute atomic E-state index is 12.5. The van der Waals surface area contributed by atoms with Gasteiger partial charge in [0.05, 0.1) is 5.56 Å². The molecule has 0 atom stereocenters. The molecule has 21 heavy (non-hydrogen) atoms. The van der Waals surface area contributed by atoms with Crippen LogP contribution in [0.4, 0.5) is 5.69 Å². The van der Waals surface area contributed by atoms with Gasteiger partial charge in [-0.25, -0.2) is 0 Å². The summed E-state index contributed by atoms with van der Waals surface area (Å²) in [6.45, 7) is 1.85. The molecule has 0 aliphatic heterocycles. The van der Waals surface area contributed by atoms with Gasteiger partial charge in [-0.05, 0) is 36.8 Å². The standard InChI is InChI=1S/C16H16N2O2S/c1-10-6-7-13(14(19)8-10)16(20)18(2)12-5-3-4-11(9-12)15(17)21/h3-9,19H,1-2H3,(H2,17,21). The molecule has 2 aromatic carbocycles. The Kier molecular flexibility index (Phi) is 4.23. The number of nitrogens with two attached hydrogens (primary N) is 1. The molecule has 1 amide bonds. The van der Waals surface area contributed by atoms with Crippen LogP contribution >= 0.6 is 12.2 Å². The van der Waals surface area contributed by atoms with Crippen molar-refractivity contribution in [2.45, 2.75) is 6.92 Å². The first-order valence-corrected chi connectivity index (χ1v) is 6.78. The number of hydrogen-bond donors (Lipinski definition) is 2. The van der Waals surface area contributed by atoms with Crippen LogP contribution < -0.4 is 10.6 Å². The zero-order chi connectivity index (χ0) is 15.6. The topological polar surface area (TPSA) is 66.6 Å². The Balaban J connectivity index is 2.35.